The molecule has 0 bridgehead atoms. The first-order chi connectivity index (χ1) is 10.0. The fourth-order valence-corrected chi connectivity index (χ4v) is 2.67. The van der Waals surface area contributed by atoms with Gasteiger partial charge >= 0.3 is 5.97 Å². The van der Waals surface area contributed by atoms with Crippen molar-refractivity contribution in [1.82, 2.24) is 0 Å². The predicted octanol–water partition coefficient (Wildman–Crippen LogP) is 3.23. The summed E-state index contributed by atoms with van der Waals surface area (Å²) < 4.78 is 26.6. The summed E-state index contributed by atoms with van der Waals surface area (Å²) in [5.41, 5.74) is 2.27. The first kappa shape index (κ1) is 13.5. The smallest absolute Gasteiger partial charge is 0.336 e. The highest BCUT2D eigenvalue weighted by atomic mass is 19.1. The molecule has 3 nitrogen and oxygen atoms in total. The van der Waals surface area contributed by atoms with Gasteiger partial charge in [-0.15, -0.1) is 0 Å². The molecule has 0 fully saturated rings. The van der Waals surface area contributed by atoms with Crippen molar-refractivity contribution in [2.75, 3.05) is 11.4 Å². The summed E-state index contributed by atoms with van der Waals surface area (Å²) in [6.07, 6.45) is 0.791. The fraction of sp³-hybridized carbons (Fsp3) is 0.188. The van der Waals surface area contributed by atoms with Gasteiger partial charge < -0.3 is 10.0 Å². The van der Waals surface area contributed by atoms with Crippen molar-refractivity contribution in [3.8, 4) is 0 Å². The second kappa shape index (κ2) is 5.16. The Labute approximate surface area is 120 Å². The van der Waals surface area contributed by atoms with Crippen LogP contribution >= 0.6 is 0 Å². The zero-order valence-corrected chi connectivity index (χ0v) is 11.1. The van der Waals surface area contributed by atoms with Gasteiger partial charge in [0.05, 0.1) is 5.56 Å². The third kappa shape index (κ3) is 2.59. The number of aromatic carboxylic acids is 1. The minimum atomic E-state index is -1.16. The van der Waals surface area contributed by atoms with Crippen molar-refractivity contribution in [3.63, 3.8) is 0 Å². The van der Waals surface area contributed by atoms with Crippen LogP contribution in [0.4, 0.5) is 14.5 Å². The Morgan fingerprint density at radius 3 is 2.62 bits per heavy atom. The van der Waals surface area contributed by atoms with E-state index in [1.54, 1.807) is 6.07 Å². The lowest BCUT2D eigenvalue weighted by atomic mass is 10.1. The molecule has 0 aromatic heterocycles. The van der Waals surface area contributed by atoms with Gasteiger partial charge in [0.15, 0.2) is 0 Å². The van der Waals surface area contributed by atoms with Crippen molar-refractivity contribution in [3.05, 3.63) is 64.7 Å². The normalized spacial score (nSPS) is 13.3. The molecule has 1 aliphatic heterocycles. The number of hydrogen-bond acceptors (Lipinski definition) is 2. The standard InChI is InChI=1S/C16H13F2NO2/c17-12-4-2-11(14(7-12)16(20)21)9-19-6-5-10-1-3-13(18)8-15(10)19/h1-4,7-8H,5-6,9H2,(H,20,21). The molecule has 1 N–H and O–H groups in total. The van der Waals surface area contributed by atoms with Gasteiger partial charge in [-0.1, -0.05) is 12.1 Å². The van der Waals surface area contributed by atoms with E-state index in [-0.39, 0.29) is 11.4 Å². The topological polar surface area (TPSA) is 40.5 Å². The van der Waals surface area contributed by atoms with E-state index >= 15 is 0 Å². The number of rotatable bonds is 3. The number of halogens is 2. The van der Waals surface area contributed by atoms with Gasteiger partial charge in [0, 0.05) is 18.8 Å². The van der Waals surface area contributed by atoms with Gasteiger partial charge in [-0.05, 0) is 41.8 Å². The highest BCUT2D eigenvalue weighted by molar-refractivity contribution is 5.89. The molecule has 5 heteroatoms. The molecule has 0 saturated carbocycles. The number of anilines is 1. The Balaban J connectivity index is 1.93. The van der Waals surface area contributed by atoms with Crippen LogP contribution in [0.1, 0.15) is 21.5 Å². The molecule has 0 spiro atoms. The Hall–Kier alpha value is -2.43. The lowest BCUT2D eigenvalue weighted by molar-refractivity contribution is 0.0695. The molecule has 0 unspecified atom stereocenters. The number of hydrogen-bond donors (Lipinski definition) is 1. The van der Waals surface area contributed by atoms with E-state index in [0.29, 0.717) is 18.7 Å². The summed E-state index contributed by atoms with van der Waals surface area (Å²) in [4.78, 5) is 13.1. The molecule has 0 radical (unpaired) electrons. The zero-order chi connectivity index (χ0) is 15.0. The molecule has 0 atom stereocenters. The van der Waals surface area contributed by atoms with Crippen molar-refractivity contribution in [1.29, 1.82) is 0 Å². The van der Waals surface area contributed by atoms with Crippen LogP contribution in [-0.2, 0) is 13.0 Å². The molecule has 0 amide bonds. The fourth-order valence-electron chi connectivity index (χ4n) is 2.67. The number of nitrogens with zero attached hydrogens (tertiary/aromatic N) is 1. The van der Waals surface area contributed by atoms with Gasteiger partial charge in [0.1, 0.15) is 11.6 Å². The molecule has 108 valence electrons. The number of carboxylic acid groups (broad SMARTS) is 1. The van der Waals surface area contributed by atoms with E-state index in [2.05, 4.69) is 0 Å². The molecule has 2 aromatic rings. The minimum absolute atomic E-state index is 0.0557. The number of carbonyl (C=O) groups is 1. The number of benzene rings is 2. The predicted molar refractivity (Wildman–Crippen MR) is 74.5 cm³/mol. The monoisotopic (exact) mass is 289 g/mol. The van der Waals surface area contributed by atoms with E-state index in [1.807, 2.05) is 4.90 Å². The molecular formula is C16H13F2NO2. The van der Waals surface area contributed by atoms with Crippen molar-refractivity contribution in [2.24, 2.45) is 0 Å². The Morgan fingerprint density at radius 2 is 1.86 bits per heavy atom. The largest absolute Gasteiger partial charge is 0.478 e. The summed E-state index contributed by atoms with van der Waals surface area (Å²) in [7, 11) is 0. The zero-order valence-electron chi connectivity index (χ0n) is 11.1. The maximum absolute atomic E-state index is 13.4. The molecule has 0 saturated heterocycles. The molecule has 1 aliphatic rings. The average Bonchev–Trinajstić information content (AvgIpc) is 2.83. The third-order valence-corrected chi connectivity index (χ3v) is 3.70. The summed E-state index contributed by atoms with van der Waals surface area (Å²) in [6.45, 7) is 1.01. The van der Waals surface area contributed by atoms with Crippen molar-refractivity contribution < 1.29 is 18.7 Å². The first-order valence-corrected chi connectivity index (χ1v) is 6.59. The summed E-state index contributed by atoms with van der Waals surface area (Å²) in [5, 5.41) is 9.16. The number of fused-ring (bicyclic) bond motifs is 1. The SMILES string of the molecule is O=C(O)c1cc(F)ccc1CN1CCc2ccc(F)cc21. The van der Waals surface area contributed by atoms with E-state index in [9.17, 15) is 13.6 Å². The van der Waals surface area contributed by atoms with Crippen LogP contribution in [0.3, 0.4) is 0 Å². The van der Waals surface area contributed by atoms with E-state index in [1.165, 1.54) is 24.3 Å². The van der Waals surface area contributed by atoms with Gasteiger partial charge in [-0.3, -0.25) is 0 Å². The summed E-state index contributed by atoms with van der Waals surface area (Å²) in [5.74, 6) is -2.06. The second-order valence-corrected chi connectivity index (χ2v) is 5.05. The molecule has 2 aromatic carbocycles. The van der Waals surface area contributed by atoms with Crippen LogP contribution in [0.15, 0.2) is 36.4 Å². The van der Waals surface area contributed by atoms with Gasteiger partial charge in [-0.25, -0.2) is 13.6 Å². The molecular weight excluding hydrogens is 276 g/mol. The van der Waals surface area contributed by atoms with Crippen LogP contribution in [0.2, 0.25) is 0 Å². The van der Waals surface area contributed by atoms with Gasteiger partial charge in [0.2, 0.25) is 0 Å². The highest BCUT2D eigenvalue weighted by Crippen LogP contribution is 2.30. The molecule has 0 aliphatic carbocycles. The Kier molecular flexibility index (Phi) is 3.33. The lowest BCUT2D eigenvalue weighted by Crippen LogP contribution is -2.21. The van der Waals surface area contributed by atoms with Crippen molar-refractivity contribution in [2.45, 2.75) is 13.0 Å². The average molecular weight is 289 g/mol. The second-order valence-electron chi connectivity index (χ2n) is 5.05. The van der Waals surface area contributed by atoms with E-state index in [0.717, 1.165) is 23.7 Å². The Bertz CT molecular complexity index is 715. The number of carboxylic acids is 1. The van der Waals surface area contributed by atoms with Crippen LogP contribution in [0.25, 0.3) is 0 Å². The molecule has 1 heterocycles. The van der Waals surface area contributed by atoms with E-state index in [4.69, 9.17) is 5.11 Å². The van der Waals surface area contributed by atoms with Crippen LogP contribution in [-0.4, -0.2) is 17.6 Å². The van der Waals surface area contributed by atoms with Gasteiger partial charge in [0.25, 0.3) is 0 Å². The molecule has 3 rings (SSSR count). The maximum Gasteiger partial charge on any atom is 0.336 e. The highest BCUT2D eigenvalue weighted by Gasteiger charge is 2.21. The van der Waals surface area contributed by atoms with Crippen LogP contribution in [0.5, 0.6) is 0 Å². The lowest BCUT2D eigenvalue weighted by Gasteiger charge is -2.20. The maximum atomic E-state index is 13.4. The minimum Gasteiger partial charge on any atom is -0.478 e. The summed E-state index contributed by atoms with van der Waals surface area (Å²) in [6, 6.07) is 8.34. The van der Waals surface area contributed by atoms with Crippen molar-refractivity contribution >= 4 is 11.7 Å². The van der Waals surface area contributed by atoms with Gasteiger partial charge in [-0.2, -0.15) is 0 Å². The van der Waals surface area contributed by atoms with E-state index < -0.39 is 11.8 Å². The first-order valence-electron chi connectivity index (χ1n) is 6.59. The molecule has 21 heavy (non-hydrogen) atoms. The van der Waals surface area contributed by atoms with Crippen LogP contribution in [0, 0.1) is 11.6 Å². The third-order valence-electron chi connectivity index (χ3n) is 3.70. The summed E-state index contributed by atoms with van der Waals surface area (Å²) >= 11 is 0. The Morgan fingerprint density at radius 1 is 1.14 bits per heavy atom. The van der Waals surface area contributed by atoms with Crippen LogP contribution < -0.4 is 4.90 Å². The quantitative estimate of drug-likeness (QED) is 0.943.